The molecular weight excluding hydrogens is 200 g/mol. The van der Waals surface area contributed by atoms with Crippen LogP contribution in [0.5, 0.6) is 0 Å². The fourth-order valence-electron chi connectivity index (χ4n) is 1.41. The van der Waals surface area contributed by atoms with Crippen LogP contribution in [0.15, 0.2) is 18.2 Å². The predicted molar refractivity (Wildman–Crippen MR) is 59.7 cm³/mol. The van der Waals surface area contributed by atoms with Crippen molar-refractivity contribution in [3.63, 3.8) is 0 Å². The summed E-state index contributed by atoms with van der Waals surface area (Å²) in [7, 11) is 1.89. The highest BCUT2D eigenvalue weighted by molar-refractivity contribution is 6.33. The van der Waals surface area contributed by atoms with Crippen LogP contribution < -0.4 is 10.6 Å². The minimum absolute atomic E-state index is 0.103. The standard InChI is InChI=1S/C10H15ClN2O/c1-13(5-6-14)10-8(7-12)3-2-4-9(10)11/h2-4,14H,5-7,12H2,1H3. The minimum Gasteiger partial charge on any atom is -0.395 e. The number of aliphatic hydroxyl groups is 1. The van der Waals surface area contributed by atoms with Gasteiger partial charge in [0.15, 0.2) is 0 Å². The van der Waals surface area contributed by atoms with Crippen molar-refractivity contribution in [3.8, 4) is 0 Å². The number of nitrogens with zero attached hydrogens (tertiary/aromatic N) is 1. The van der Waals surface area contributed by atoms with Gasteiger partial charge in [-0.2, -0.15) is 0 Å². The van der Waals surface area contributed by atoms with Gasteiger partial charge < -0.3 is 15.7 Å². The maximum Gasteiger partial charge on any atom is 0.0642 e. The molecule has 0 spiro atoms. The Morgan fingerprint density at radius 3 is 2.79 bits per heavy atom. The number of hydrogen-bond donors (Lipinski definition) is 2. The molecule has 14 heavy (non-hydrogen) atoms. The van der Waals surface area contributed by atoms with Gasteiger partial charge in [0.25, 0.3) is 0 Å². The monoisotopic (exact) mass is 214 g/mol. The molecule has 3 N–H and O–H groups in total. The minimum atomic E-state index is 0.103. The molecule has 4 heteroatoms. The second kappa shape index (κ2) is 5.20. The van der Waals surface area contributed by atoms with Gasteiger partial charge in [0.05, 0.1) is 17.3 Å². The number of rotatable bonds is 4. The highest BCUT2D eigenvalue weighted by Crippen LogP contribution is 2.28. The van der Waals surface area contributed by atoms with Crippen LogP contribution in [0.4, 0.5) is 5.69 Å². The van der Waals surface area contributed by atoms with Gasteiger partial charge in [0.1, 0.15) is 0 Å². The van der Waals surface area contributed by atoms with Gasteiger partial charge in [-0.25, -0.2) is 0 Å². The van der Waals surface area contributed by atoms with E-state index < -0.39 is 0 Å². The Hall–Kier alpha value is -0.770. The van der Waals surface area contributed by atoms with Gasteiger partial charge in [0.2, 0.25) is 0 Å². The van der Waals surface area contributed by atoms with Gasteiger partial charge in [-0.3, -0.25) is 0 Å². The molecule has 0 atom stereocenters. The molecule has 0 radical (unpaired) electrons. The van der Waals surface area contributed by atoms with E-state index in [9.17, 15) is 0 Å². The normalized spacial score (nSPS) is 10.3. The van der Waals surface area contributed by atoms with Crippen LogP contribution in [0.3, 0.4) is 0 Å². The lowest BCUT2D eigenvalue weighted by Crippen LogP contribution is -2.23. The Kier molecular flexibility index (Phi) is 4.20. The van der Waals surface area contributed by atoms with E-state index in [1.54, 1.807) is 0 Å². The summed E-state index contributed by atoms with van der Waals surface area (Å²) in [5.74, 6) is 0. The third kappa shape index (κ3) is 2.38. The summed E-state index contributed by atoms with van der Waals surface area (Å²) in [4.78, 5) is 1.91. The summed E-state index contributed by atoms with van der Waals surface area (Å²) in [5, 5.41) is 9.51. The number of aliphatic hydroxyl groups excluding tert-OH is 1. The smallest absolute Gasteiger partial charge is 0.0642 e. The van der Waals surface area contributed by atoms with E-state index in [4.69, 9.17) is 22.4 Å². The average Bonchev–Trinajstić information content (AvgIpc) is 2.17. The molecule has 0 saturated heterocycles. The summed E-state index contributed by atoms with van der Waals surface area (Å²) >= 11 is 6.06. The fourth-order valence-corrected chi connectivity index (χ4v) is 1.75. The topological polar surface area (TPSA) is 49.5 Å². The summed E-state index contributed by atoms with van der Waals surface area (Å²) in [6, 6.07) is 5.64. The molecule has 0 amide bonds. The van der Waals surface area contributed by atoms with Crippen LogP contribution in [0.1, 0.15) is 5.56 Å². The lowest BCUT2D eigenvalue weighted by Gasteiger charge is -2.22. The maximum atomic E-state index is 8.84. The lowest BCUT2D eigenvalue weighted by atomic mass is 10.1. The number of anilines is 1. The molecule has 0 heterocycles. The van der Waals surface area contributed by atoms with Gasteiger partial charge in [-0.05, 0) is 11.6 Å². The zero-order chi connectivity index (χ0) is 10.6. The van der Waals surface area contributed by atoms with Gasteiger partial charge in [-0.1, -0.05) is 23.7 Å². The number of para-hydroxylation sites is 1. The molecule has 0 unspecified atom stereocenters. The summed E-state index contributed by atoms with van der Waals surface area (Å²) in [6.45, 7) is 1.11. The van der Waals surface area contributed by atoms with E-state index in [-0.39, 0.29) is 6.61 Å². The molecular formula is C10H15ClN2O. The van der Waals surface area contributed by atoms with Crippen molar-refractivity contribution in [1.29, 1.82) is 0 Å². The van der Waals surface area contributed by atoms with E-state index in [0.717, 1.165) is 11.3 Å². The first-order valence-electron chi connectivity index (χ1n) is 4.50. The van der Waals surface area contributed by atoms with Gasteiger partial charge in [-0.15, -0.1) is 0 Å². The number of likely N-dealkylation sites (N-methyl/N-ethyl adjacent to an activating group) is 1. The number of halogens is 1. The van der Waals surface area contributed by atoms with Crippen LogP contribution in [0.2, 0.25) is 5.02 Å². The highest BCUT2D eigenvalue weighted by Gasteiger charge is 2.09. The SMILES string of the molecule is CN(CCO)c1c(Cl)cccc1CN. The largest absolute Gasteiger partial charge is 0.395 e. The van der Waals surface area contributed by atoms with Crippen molar-refractivity contribution in [1.82, 2.24) is 0 Å². The fraction of sp³-hybridized carbons (Fsp3) is 0.400. The Labute approximate surface area is 89.1 Å². The molecule has 3 nitrogen and oxygen atoms in total. The van der Waals surface area contributed by atoms with E-state index >= 15 is 0 Å². The molecule has 0 bridgehead atoms. The number of nitrogens with two attached hydrogens (primary N) is 1. The van der Waals surface area contributed by atoms with E-state index in [1.807, 2.05) is 30.1 Å². The zero-order valence-electron chi connectivity index (χ0n) is 8.20. The third-order valence-electron chi connectivity index (χ3n) is 2.11. The Bertz CT molecular complexity index is 304. The van der Waals surface area contributed by atoms with E-state index in [0.29, 0.717) is 18.1 Å². The lowest BCUT2D eigenvalue weighted by molar-refractivity contribution is 0.304. The first-order valence-corrected chi connectivity index (χ1v) is 4.88. The van der Waals surface area contributed by atoms with Crippen LogP contribution in [-0.2, 0) is 6.54 Å². The Morgan fingerprint density at radius 2 is 2.21 bits per heavy atom. The van der Waals surface area contributed by atoms with Crippen molar-refractivity contribution < 1.29 is 5.11 Å². The van der Waals surface area contributed by atoms with Crippen LogP contribution in [0, 0.1) is 0 Å². The number of benzene rings is 1. The second-order valence-electron chi connectivity index (χ2n) is 3.10. The molecule has 0 aromatic heterocycles. The average molecular weight is 215 g/mol. The molecule has 1 rings (SSSR count). The van der Waals surface area contributed by atoms with Crippen LogP contribution in [-0.4, -0.2) is 25.3 Å². The van der Waals surface area contributed by atoms with Gasteiger partial charge >= 0.3 is 0 Å². The van der Waals surface area contributed by atoms with Gasteiger partial charge in [0, 0.05) is 20.1 Å². The molecule has 0 aliphatic carbocycles. The molecule has 0 aliphatic rings. The molecule has 0 saturated carbocycles. The van der Waals surface area contributed by atoms with Crippen molar-refractivity contribution in [2.75, 3.05) is 25.1 Å². The first kappa shape index (κ1) is 11.3. The van der Waals surface area contributed by atoms with Crippen molar-refractivity contribution in [2.45, 2.75) is 6.54 Å². The summed E-state index contributed by atoms with van der Waals surface area (Å²) in [5.41, 5.74) is 7.51. The summed E-state index contributed by atoms with van der Waals surface area (Å²) in [6.07, 6.45) is 0. The highest BCUT2D eigenvalue weighted by atomic mass is 35.5. The maximum absolute atomic E-state index is 8.84. The zero-order valence-corrected chi connectivity index (χ0v) is 8.96. The van der Waals surface area contributed by atoms with Crippen LogP contribution >= 0.6 is 11.6 Å². The van der Waals surface area contributed by atoms with E-state index in [2.05, 4.69) is 0 Å². The van der Waals surface area contributed by atoms with Crippen molar-refractivity contribution in [3.05, 3.63) is 28.8 Å². The molecule has 1 aromatic carbocycles. The third-order valence-corrected chi connectivity index (χ3v) is 2.41. The predicted octanol–water partition coefficient (Wildman–Crippen LogP) is 1.23. The summed E-state index contributed by atoms with van der Waals surface area (Å²) < 4.78 is 0. The van der Waals surface area contributed by atoms with E-state index in [1.165, 1.54) is 0 Å². The Morgan fingerprint density at radius 1 is 1.50 bits per heavy atom. The molecule has 1 aromatic rings. The molecule has 0 aliphatic heterocycles. The van der Waals surface area contributed by atoms with Crippen LogP contribution in [0.25, 0.3) is 0 Å². The van der Waals surface area contributed by atoms with Crippen molar-refractivity contribution >= 4 is 17.3 Å². The quantitative estimate of drug-likeness (QED) is 0.793. The Balaban J connectivity index is 3.03. The molecule has 78 valence electrons. The second-order valence-corrected chi connectivity index (χ2v) is 3.50. The number of hydrogen-bond acceptors (Lipinski definition) is 3. The van der Waals surface area contributed by atoms with Crippen molar-refractivity contribution in [2.24, 2.45) is 5.73 Å². The first-order chi connectivity index (χ1) is 6.70. The molecule has 0 fully saturated rings.